The van der Waals surface area contributed by atoms with E-state index >= 15 is 0 Å². The molecule has 0 fully saturated rings. The van der Waals surface area contributed by atoms with Crippen LogP contribution in [-0.2, 0) is 6.54 Å². The second-order valence-electron chi connectivity index (χ2n) is 4.53. The Bertz CT molecular complexity index is 625. The molecule has 0 spiro atoms. The van der Waals surface area contributed by atoms with Crippen molar-refractivity contribution in [2.45, 2.75) is 6.54 Å². The van der Waals surface area contributed by atoms with Gasteiger partial charge in [0.25, 0.3) is 5.91 Å². The van der Waals surface area contributed by atoms with Gasteiger partial charge in [-0.3, -0.25) is 4.79 Å². The van der Waals surface area contributed by atoms with Gasteiger partial charge in [0, 0.05) is 19.2 Å². The van der Waals surface area contributed by atoms with Crippen LogP contribution >= 0.6 is 0 Å². The number of nitrogens with one attached hydrogen (secondary N) is 1. The van der Waals surface area contributed by atoms with Gasteiger partial charge in [0.2, 0.25) is 0 Å². The number of hydrogen-bond acceptors (Lipinski definition) is 4. The van der Waals surface area contributed by atoms with Gasteiger partial charge in [-0.2, -0.15) is 5.11 Å². The topological polar surface area (TPSA) is 82.5 Å². The summed E-state index contributed by atoms with van der Waals surface area (Å²) < 4.78 is 0. The van der Waals surface area contributed by atoms with E-state index in [9.17, 15) is 4.79 Å². The highest BCUT2D eigenvalue weighted by molar-refractivity contribution is 5.95. The summed E-state index contributed by atoms with van der Waals surface area (Å²) >= 11 is 0. The van der Waals surface area contributed by atoms with E-state index < -0.39 is 0 Å². The zero-order valence-corrected chi connectivity index (χ0v) is 11.2. The number of nitrogens with zero attached hydrogens (tertiary/aromatic N) is 2. The Morgan fingerprint density at radius 2 is 1.95 bits per heavy atom. The number of amides is 1. The zero-order chi connectivity index (χ0) is 14.5. The first-order valence-corrected chi connectivity index (χ1v) is 6.18. The molecule has 20 heavy (non-hydrogen) atoms. The van der Waals surface area contributed by atoms with Gasteiger partial charge in [-0.15, -0.1) is 0 Å². The molecule has 0 atom stereocenters. The van der Waals surface area contributed by atoms with E-state index in [-0.39, 0.29) is 5.91 Å². The Labute approximate surface area is 117 Å². The molecule has 2 aromatic rings. The van der Waals surface area contributed by atoms with E-state index in [0.29, 0.717) is 23.5 Å². The van der Waals surface area contributed by atoms with Gasteiger partial charge >= 0.3 is 0 Å². The van der Waals surface area contributed by atoms with Crippen LogP contribution in [0.2, 0.25) is 0 Å². The highest BCUT2D eigenvalue weighted by atomic mass is 16.2. The Kier molecular flexibility index (Phi) is 4.10. The van der Waals surface area contributed by atoms with E-state index in [0.717, 1.165) is 5.56 Å². The van der Waals surface area contributed by atoms with Crippen molar-refractivity contribution < 1.29 is 4.79 Å². The number of carbonyl (C=O) groups is 1. The summed E-state index contributed by atoms with van der Waals surface area (Å²) in [5.41, 5.74) is 14.9. The average molecular weight is 268 g/mol. The highest BCUT2D eigenvalue weighted by Gasteiger charge is 2.13. The van der Waals surface area contributed by atoms with E-state index in [1.165, 1.54) is 6.07 Å². The second-order valence-corrected chi connectivity index (χ2v) is 4.53. The van der Waals surface area contributed by atoms with Crippen LogP contribution in [0.25, 0.3) is 0 Å². The molecule has 102 valence electrons. The van der Waals surface area contributed by atoms with Crippen LogP contribution in [0, 0.1) is 5.53 Å². The van der Waals surface area contributed by atoms with Crippen LogP contribution in [0.5, 0.6) is 0 Å². The lowest BCUT2D eigenvalue weighted by Gasteiger charge is -2.17. The molecular formula is C15H16N4O. The summed E-state index contributed by atoms with van der Waals surface area (Å²) in [5, 5.41) is 3.31. The smallest absolute Gasteiger partial charge is 0.253 e. The summed E-state index contributed by atoms with van der Waals surface area (Å²) in [6, 6.07) is 14.5. The first-order valence-electron chi connectivity index (χ1n) is 6.18. The molecule has 1 amide bonds. The number of nitrogen functional groups attached to an aromatic ring is 1. The molecule has 3 N–H and O–H groups in total. The lowest BCUT2D eigenvalue weighted by atomic mass is 10.1. The average Bonchev–Trinajstić information content (AvgIpc) is 2.48. The van der Waals surface area contributed by atoms with Gasteiger partial charge in [0.15, 0.2) is 0 Å². The Morgan fingerprint density at radius 1 is 1.25 bits per heavy atom. The zero-order valence-electron chi connectivity index (χ0n) is 11.2. The highest BCUT2D eigenvalue weighted by Crippen LogP contribution is 2.23. The van der Waals surface area contributed by atoms with Gasteiger partial charge in [-0.25, -0.2) is 5.53 Å². The summed E-state index contributed by atoms with van der Waals surface area (Å²) in [4.78, 5) is 13.9. The van der Waals surface area contributed by atoms with Crippen molar-refractivity contribution in [1.29, 1.82) is 5.53 Å². The minimum Gasteiger partial charge on any atom is -0.397 e. The van der Waals surface area contributed by atoms with Crippen molar-refractivity contribution in [3.63, 3.8) is 0 Å². The first-order chi connectivity index (χ1) is 9.61. The van der Waals surface area contributed by atoms with Crippen LogP contribution in [0.1, 0.15) is 15.9 Å². The van der Waals surface area contributed by atoms with E-state index in [4.69, 9.17) is 11.3 Å². The van der Waals surface area contributed by atoms with Crippen molar-refractivity contribution >= 4 is 17.3 Å². The Balaban J connectivity index is 2.16. The van der Waals surface area contributed by atoms with Crippen LogP contribution in [-0.4, -0.2) is 17.9 Å². The number of carbonyl (C=O) groups excluding carboxylic acids is 1. The molecule has 0 heterocycles. The molecule has 5 heteroatoms. The maximum absolute atomic E-state index is 12.3. The molecule has 0 aromatic heterocycles. The predicted octanol–water partition coefficient (Wildman–Crippen LogP) is 3.20. The number of rotatable bonds is 4. The summed E-state index contributed by atoms with van der Waals surface area (Å²) in [7, 11) is 1.74. The van der Waals surface area contributed by atoms with Crippen molar-refractivity contribution in [3.05, 3.63) is 59.7 Å². The molecule has 0 aliphatic carbocycles. The maximum Gasteiger partial charge on any atom is 0.253 e. The third kappa shape index (κ3) is 3.00. The molecule has 0 bridgehead atoms. The minimum atomic E-state index is -0.126. The predicted molar refractivity (Wildman–Crippen MR) is 77.9 cm³/mol. The van der Waals surface area contributed by atoms with Crippen LogP contribution in [0.15, 0.2) is 53.6 Å². The third-order valence-electron chi connectivity index (χ3n) is 3.01. The van der Waals surface area contributed by atoms with Crippen molar-refractivity contribution in [3.8, 4) is 0 Å². The maximum atomic E-state index is 12.3. The van der Waals surface area contributed by atoms with Crippen LogP contribution in [0.3, 0.4) is 0 Å². The summed E-state index contributed by atoms with van der Waals surface area (Å²) in [6.45, 7) is 0.525. The van der Waals surface area contributed by atoms with Crippen LogP contribution < -0.4 is 5.73 Å². The second kappa shape index (κ2) is 5.97. The monoisotopic (exact) mass is 268 g/mol. The SMILES string of the molecule is CN(Cc1ccccc1)C(=O)c1ccc(N)c(N=N)c1. The lowest BCUT2D eigenvalue weighted by molar-refractivity contribution is 0.0785. The molecule has 0 aliphatic heterocycles. The quantitative estimate of drug-likeness (QED) is 0.659. The van der Waals surface area contributed by atoms with E-state index in [1.807, 2.05) is 30.3 Å². The first kappa shape index (κ1) is 13.7. The van der Waals surface area contributed by atoms with E-state index in [1.54, 1.807) is 24.1 Å². The van der Waals surface area contributed by atoms with Gasteiger partial charge < -0.3 is 10.6 Å². The van der Waals surface area contributed by atoms with Crippen molar-refractivity contribution in [1.82, 2.24) is 4.90 Å². The standard InChI is InChI=1S/C15H16N4O/c1-19(10-11-5-3-2-4-6-11)15(20)12-7-8-13(16)14(9-12)18-17/h2-9,17H,10,16H2,1H3. The molecule has 5 nitrogen and oxygen atoms in total. The van der Waals surface area contributed by atoms with Crippen molar-refractivity contribution in [2.24, 2.45) is 5.11 Å². The third-order valence-corrected chi connectivity index (χ3v) is 3.01. The van der Waals surface area contributed by atoms with Gasteiger partial charge in [-0.1, -0.05) is 30.3 Å². The fraction of sp³-hybridized carbons (Fsp3) is 0.133. The molecular weight excluding hydrogens is 252 g/mol. The Morgan fingerprint density at radius 3 is 2.60 bits per heavy atom. The van der Waals surface area contributed by atoms with Crippen molar-refractivity contribution in [2.75, 3.05) is 12.8 Å². The number of benzene rings is 2. The largest absolute Gasteiger partial charge is 0.397 e. The molecule has 0 unspecified atom stereocenters. The molecule has 0 radical (unpaired) electrons. The lowest BCUT2D eigenvalue weighted by Crippen LogP contribution is -2.26. The molecule has 2 rings (SSSR count). The van der Waals surface area contributed by atoms with Gasteiger partial charge in [-0.05, 0) is 23.8 Å². The van der Waals surface area contributed by atoms with Gasteiger partial charge in [0.1, 0.15) is 5.69 Å². The fourth-order valence-electron chi connectivity index (χ4n) is 1.92. The molecule has 2 aromatic carbocycles. The van der Waals surface area contributed by atoms with Gasteiger partial charge in [0.05, 0.1) is 5.69 Å². The minimum absolute atomic E-state index is 0.126. The molecule has 0 saturated carbocycles. The van der Waals surface area contributed by atoms with E-state index in [2.05, 4.69) is 5.11 Å². The van der Waals surface area contributed by atoms with Crippen LogP contribution in [0.4, 0.5) is 11.4 Å². The number of nitrogens with two attached hydrogens (primary N) is 1. The summed E-state index contributed by atoms with van der Waals surface area (Å²) in [6.07, 6.45) is 0. The molecule has 0 aliphatic rings. The number of anilines is 1. The normalized spacial score (nSPS) is 10.1. The molecule has 0 saturated heterocycles. The number of hydrogen-bond donors (Lipinski definition) is 2. The summed E-state index contributed by atoms with van der Waals surface area (Å²) in [5.74, 6) is -0.126. The fourth-order valence-corrected chi connectivity index (χ4v) is 1.92. The Hall–Kier alpha value is -2.69.